The number of nitrogens with two attached hydrogens (primary N) is 1. The van der Waals surface area contributed by atoms with E-state index in [1.54, 1.807) is 0 Å². The van der Waals surface area contributed by atoms with Crippen LogP contribution in [0, 0.1) is 0 Å². The zero-order valence-corrected chi connectivity index (χ0v) is 9.25. The summed E-state index contributed by atoms with van der Waals surface area (Å²) in [6.07, 6.45) is 1.31. The predicted molar refractivity (Wildman–Crippen MR) is 54.8 cm³/mol. The molecule has 2 N–H and O–H groups in total. The molecule has 0 saturated heterocycles. The summed E-state index contributed by atoms with van der Waals surface area (Å²) in [6, 6.07) is -0.00708. The maximum Gasteiger partial charge on any atom is 0.0745 e. The second-order valence-electron chi connectivity index (χ2n) is 3.45. The van der Waals surface area contributed by atoms with Gasteiger partial charge in [-0.05, 0) is 27.2 Å². The number of hydrogen-bond donors (Lipinski definition) is 1. The Hall–Kier alpha value is -0.120. The lowest BCUT2D eigenvalue weighted by molar-refractivity contribution is -0.00422. The molecular formula is C10H23NO2. The third kappa shape index (κ3) is 6.02. The van der Waals surface area contributed by atoms with Gasteiger partial charge in [-0.1, -0.05) is 6.92 Å². The van der Waals surface area contributed by atoms with E-state index in [2.05, 4.69) is 6.92 Å². The fraction of sp³-hybridized carbons (Fsp3) is 1.00. The number of hydrogen-bond acceptors (Lipinski definition) is 3. The Kier molecular flexibility index (Phi) is 7.23. The maximum atomic E-state index is 5.91. The summed E-state index contributed by atoms with van der Waals surface area (Å²) in [7, 11) is 0. The van der Waals surface area contributed by atoms with E-state index >= 15 is 0 Å². The molecule has 0 aromatic heterocycles. The van der Waals surface area contributed by atoms with Crippen molar-refractivity contribution >= 4 is 0 Å². The Balaban J connectivity index is 3.69. The van der Waals surface area contributed by atoms with Gasteiger partial charge in [0.25, 0.3) is 0 Å². The van der Waals surface area contributed by atoms with Gasteiger partial charge in [0.15, 0.2) is 0 Å². The highest BCUT2D eigenvalue weighted by molar-refractivity contribution is 4.71. The van der Waals surface area contributed by atoms with Gasteiger partial charge < -0.3 is 15.2 Å². The van der Waals surface area contributed by atoms with Crippen molar-refractivity contribution in [3.63, 3.8) is 0 Å². The molecule has 13 heavy (non-hydrogen) atoms. The van der Waals surface area contributed by atoms with E-state index in [-0.39, 0.29) is 18.2 Å². The zero-order chi connectivity index (χ0) is 10.3. The third-order valence-electron chi connectivity index (χ3n) is 1.88. The van der Waals surface area contributed by atoms with Gasteiger partial charge in [-0.3, -0.25) is 0 Å². The van der Waals surface area contributed by atoms with Gasteiger partial charge in [0.05, 0.1) is 24.9 Å². The maximum absolute atomic E-state index is 5.91. The molecule has 0 bridgehead atoms. The Bertz CT molecular complexity index is 117. The van der Waals surface area contributed by atoms with Crippen LogP contribution < -0.4 is 5.73 Å². The second kappa shape index (κ2) is 7.30. The lowest BCUT2D eigenvalue weighted by Crippen LogP contribution is -2.40. The van der Waals surface area contributed by atoms with E-state index in [4.69, 9.17) is 15.2 Å². The molecule has 0 heterocycles. The van der Waals surface area contributed by atoms with Gasteiger partial charge in [0.2, 0.25) is 0 Å². The minimum atomic E-state index is -0.00708. The van der Waals surface area contributed by atoms with Gasteiger partial charge in [-0.2, -0.15) is 0 Å². The summed E-state index contributed by atoms with van der Waals surface area (Å²) >= 11 is 0. The molecule has 0 aromatic carbocycles. The molecule has 0 aliphatic rings. The van der Waals surface area contributed by atoms with E-state index in [9.17, 15) is 0 Å². The summed E-state index contributed by atoms with van der Waals surface area (Å²) in [4.78, 5) is 0. The molecule has 3 nitrogen and oxygen atoms in total. The molecule has 0 amide bonds. The average molecular weight is 189 g/mol. The van der Waals surface area contributed by atoms with Crippen LogP contribution in [0.1, 0.15) is 34.1 Å². The first kappa shape index (κ1) is 12.9. The van der Waals surface area contributed by atoms with Gasteiger partial charge >= 0.3 is 0 Å². The smallest absolute Gasteiger partial charge is 0.0745 e. The van der Waals surface area contributed by atoms with Crippen LogP contribution in [0.3, 0.4) is 0 Å². The summed E-state index contributed by atoms with van der Waals surface area (Å²) in [5.74, 6) is 0. The van der Waals surface area contributed by atoms with Crippen molar-refractivity contribution in [1.82, 2.24) is 0 Å². The van der Waals surface area contributed by atoms with E-state index < -0.39 is 0 Å². The van der Waals surface area contributed by atoms with Gasteiger partial charge in [0.1, 0.15) is 0 Å². The van der Waals surface area contributed by atoms with Crippen LogP contribution in [-0.2, 0) is 9.47 Å². The highest BCUT2D eigenvalue weighted by Crippen LogP contribution is 2.04. The standard InChI is InChI=1S/C10H23NO2/c1-5-10(12-6-2)9(11)7-13-8(3)4/h8-10H,5-7,11H2,1-4H3. The van der Waals surface area contributed by atoms with Crippen LogP contribution in [0.15, 0.2) is 0 Å². The van der Waals surface area contributed by atoms with Crippen LogP contribution in [-0.4, -0.2) is 31.5 Å². The fourth-order valence-corrected chi connectivity index (χ4v) is 1.17. The van der Waals surface area contributed by atoms with Gasteiger partial charge in [-0.15, -0.1) is 0 Å². The minimum Gasteiger partial charge on any atom is -0.377 e. The van der Waals surface area contributed by atoms with Crippen molar-refractivity contribution in [2.75, 3.05) is 13.2 Å². The van der Waals surface area contributed by atoms with Crippen LogP contribution >= 0.6 is 0 Å². The molecule has 0 radical (unpaired) electrons. The first-order chi connectivity index (χ1) is 6.11. The van der Waals surface area contributed by atoms with Gasteiger partial charge in [-0.25, -0.2) is 0 Å². The first-order valence-corrected chi connectivity index (χ1v) is 5.10. The summed E-state index contributed by atoms with van der Waals surface area (Å²) in [5, 5.41) is 0. The second-order valence-corrected chi connectivity index (χ2v) is 3.45. The molecule has 0 saturated carbocycles. The Morgan fingerprint density at radius 1 is 1.15 bits per heavy atom. The predicted octanol–water partition coefficient (Wildman–Crippen LogP) is 1.55. The average Bonchev–Trinajstić information content (AvgIpc) is 2.10. The Morgan fingerprint density at radius 3 is 2.15 bits per heavy atom. The van der Waals surface area contributed by atoms with Crippen molar-refractivity contribution in [2.24, 2.45) is 5.73 Å². The molecular weight excluding hydrogens is 166 g/mol. The Morgan fingerprint density at radius 2 is 1.77 bits per heavy atom. The lowest BCUT2D eigenvalue weighted by atomic mass is 10.1. The number of ether oxygens (including phenoxy) is 2. The van der Waals surface area contributed by atoms with Crippen molar-refractivity contribution in [3.8, 4) is 0 Å². The molecule has 2 unspecified atom stereocenters. The van der Waals surface area contributed by atoms with Crippen molar-refractivity contribution in [2.45, 2.75) is 52.4 Å². The molecule has 80 valence electrons. The van der Waals surface area contributed by atoms with Crippen LogP contribution in [0.4, 0.5) is 0 Å². The highest BCUT2D eigenvalue weighted by atomic mass is 16.5. The molecule has 0 fully saturated rings. The van der Waals surface area contributed by atoms with E-state index in [0.29, 0.717) is 13.2 Å². The normalized spacial score (nSPS) is 16.2. The van der Waals surface area contributed by atoms with Crippen LogP contribution in [0.2, 0.25) is 0 Å². The van der Waals surface area contributed by atoms with E-state index in [0.717, 1.165) is 6.42 Å². The topological polar surface area (TPSA) is 44.5 Å². The summed E-state index contributed by atoms with van der Waals surface area (Å²) in [6.45, 7) is 9.38. The molecule has 0 aliphatic heterocycles. The van der Waals surface area contributed by atoms with E-state index in [1.807, 2.05) is 20.8 Å². The van der Waals surface area contributed by atoms with Crippen LogP contribution in [0.25, 0.3) is 0 Å². The van der Waals surface area contributed by atoms with Gasteiger partial charge in [0, 0.05) is 6.61 Å². The molecule has 3 heteroatoms. The molecule has 2 atom stereocenters. The zero-order valence-electron chi connectivity index (χ0n) is 9.25. The largest absolute Gasteiger partial charge is 0.377 e. The Labute approximate surface area is 81.6 Å². The quantitative estimate of drug-likeness (QED) is 0.661. The van der Waals surface area contributed by atoms with Crippen molar-refractivity contribution < 1.29 is 9.47 Å². The SMILES string of the molecule is CCOC(CC)C(N)COC(C)C. The fourth-order valence-electron chi connectivity index (χ4n) is 1.17. The summed E-state index contributed by atoms with van der Waals surface area (Å²) in [5.41, 5.74) is 5.91. The lowest BCUT2D eigenvalue weighted by Gasteiger charge is -2.23. The molecule has 0 rings (SSSR count). The van der Waals surface area contributed by atoms with Crippen molar-refractivity contribution in [3.05, 3.63) is 0 Å². The van der Waals surface area contributed by atoms with Crippen molar-refractivity contribution in [1.29, 1.82) is 0 Å². The molecule has 0 aromatic rings. The van der Waals surface area contributed by atoms with Crippen LogP contribution in [0.5, 0.6) is 0 Å². The molecule has 0 aliphatic carbocycles. The van der Waals surface area contributed by atoms with E-state index in [1.165, 1.54) is 0 Å². The number of rotatable bonds is 7. The third-order valence-corrected chi connectivity index (χ3v) is 1.88. The first-order valence-electron chi connectivity index (χ1n) is 5.10. The summed E-state index contributed by atoms with van der Waals surface area (Å²) < 4.78 is 10.9. The monoisotopic (exact) mass is 189 g/mol. The minimum absolute atomic E-state index is 0.00708. The highest BCUT2D eigenvalue weighted by Gasteiger charge is 2.16. The molecule has 0 spiro atoms.